The van der Waals surface area contributed by atoms with E-state index in [2.05, 4.69) is 4.74 Å². The largest absolute Gasteiger partial charge is 1.00 e. The first-order valence-corrected chi connectivity index (χ1v) is 4.56. The average molecular weight is 220 g/mol. The van der Waals surface area contributed by atoms with Gasteiger partial charge in [-0.1, -0.05) is 0 Å². The van der Waals surface area contributed by atoms with E-state index in [-0.39, 0.29) is 64.4 Å². The zero-order valence-corrected chi connectivity index (χ0v) is 11.0. The summed E-state index contributed by atoms with van der Waals surface area (Å²) in [5.74, 6) is -0.964. The van der Waals surface area contributed by atoms with Gasteiger partial charge in [0.1, 0.15) is 0 Å². The predicted molar refractivity (Wildman–Crippen MR) is 35.8 cm³/mol. The summed E-state index contributed by atoms with van der Waals surface area (Å²) in [6.07, 6.45) is 0.0609. The summed E-state index contributed by atoms with van der Waals surface area (Å²) in [6.45, 7) is 1.20. The molecule has 0 bridgehead atoms. The van der Waals surface area contributed by atoms with Crippen LogP contribution in [0.5, 0.6) is 0 Å². The Morgan fingerprint density at radius 1 is 1.50 bits per heavy atom. The molecule has 0 saturated heterocycles. The minimum absolute atomic E-state index is 0. The van der Waals surface area contributed by atoms with Gasteiger partial charge in [-0.15, -0.1) is 0 Å². The van der Waals surface area contributed by atoms with Crippen LogP contribution in [0.4, 0.5) is 0 Å². The monoisotopic (exact) mass is 220 g/mol. The Hall–Kier alpha value is 1.02. The van der Waals surface area contributed by atoms with E-state index < -0.39 is 21.8 Å². The van der Waals surface area contributed by atoms with Crippen LogP contribution in [0, 0.1) is 0 Å². The Labute approximate surface area is 114 Å². The van der Waals surface area contributed by atoms with Crippen LogP contribution in [-0.2, 0) is 19.6 Å². The fourth-order valence-electron chi connectivity index (χ4n) is 0.452. The number of hydrogen-bond acceptors (Lipinski definition) is 5. The molecule has 0 atom stereocenters. The minimum atomic E-state index is -4.16. The van der Waals surface area contributed by atoms with E-state index in [1.54, 1.807) is 0 Å². The van der Waals surface area contributed by atoms with Crippen molar-refractivity contribution in [2.45, 2.75) is 13.3 Å². The Morgan fingerprint density at radius 3 is 2.33 bits per heavy atom. The van der Waals surface area contributed by atoms with Gasteiger partial charge in [0.15, 0.2) is 0 Å². The van der Waals surface area contributed by atoms with Crippen molar-refractivity contribution in [1.29, 1.82) is 0 Å². The molecule has 0 rings (SSSR count). The second kappa shape index (κ2) is 7.42. The summed E-state index contributed by atoms with van der Waals surface area (Å²) in [7, 11) is -4.16. The molecule has 0 aromatic heterocycles. The van der Waals surface area contributed by atoms with Gasteiger partial charge in [0.25, 0.3) is 0 Å². The first-order valence-electron chi connectivity index (χ1n) is 2.99. The number of carbonyl (C=O) groups excluding carboxylic acids is 1. The summed E-state index contributed by atoms with van der Waals surface area (Å²) in [5.41, 5.74) is 0. The zero-order chi connectivity index (χ0) is 8.91. The van der Waals surface area contributed by atoms with Gasteiger partial charge in [-0.05, 0) is 6.42 Å². The van der Waals surface area contributed by atoms with Gasteiger partial charge < -0.3 is 9.29 Å². The van der Waals surface area contributed by atoms with Crippen molar-refractivity contribution >= 4 is 16.1 Å². The molecule has 0 amide bonds. The van der Waals surface area contributed by atoms with E-state index in [1.807, 2.05) is 0 Å². The molecule has 0 aliphatic carbocycles. The average Bonchev–Trinajstić information content (AvgIpc) is 1.78. The van der Waals surface area contributed by atoms with Crippen LogP contribution < -0.4 is 51.4 Å². The molecule has 66 valence electrons. The third-order valence-electron chi connectivity index (χ3n) is 0.844. The first kappa shape index (κ1) is 15.5. The van der Waals surface area contributed by atoms with E-state index in [4.69, 9.17) is 0 Å². The second-order valence-corrected chi connectivity index (χ2v) is 3.48. The molecule has 0 radical (unpaired) electrons. The van der Waals surface area contributed by atoms with Crippen molar-refractivity contribution in [3.05, 3.63) is 0 Å². The van der Waals surface area contributed by atoms with Crippen molar-refractivity contribution in [2.24, 2.45) is 0 Å². The maximum Gasteiger partial charge on any atom is 1.00 e. The van der Waals surface area contributed by atoms with Gasteiger partial charge in [0.05, 0.1) is 16.7 Å². The van der Waals surface area contributed by atoms with Gasteiger partial charge >= 0.3 is 57.4 Å². The van der Waals surface area contributed by atoms with E-state index in [0.29, 0.717) is 0 Å². The van der Waals surface area contributed by atoms with Crippen LogP contribution in [0.15, 0.2) is 0 Å². The zero-order valence-electron chi connectivity index (χ0n) is 7.07. The molecular formula is C5H9KO5S. The number of esters is 1. The Kier molecular flexibility index (Phi) is 9.58. The molecule has 12 heavy (non-hydrogen) atoms. The van der Waals surface area contributed by atoms with Crippen molar-refractivity contribution in [2.75, 3.05) is 12.4 Å². The fourth-order valence-corrected chi connectivity index (χ4v) is 0.923. The van der Waals surface area contributed by atoms with Crippen LogP contribution in [0.1, 0.15) is 13.3 Å². The summed E-state index contributed by atoms with van der Waals surface area (Å²) >= 11 is 0. The molecule has 0 saturated carbocycles. The molecule has 0 fully saturated rings. The van der Waals surface area contributed by atoms with Crippen LogP contribution in [0.2, 0.25) is 0 Å². The molecule has 0 spiro atoms. The maximum absolute atomic E-state index is 10.1. The predicted octanol–water partition coefficient (Wildman–Crippen LogP) is -3.51. The summed E-state index contributed by atoms with van der Waals surface area (Å²) in [5, 5.41) is 0. The number of carbonyl (C=O) groups is 1. The molecule has 0 N–H and O–H groups in total. The molecule has 7 heteroatoms. The van der Waals surface area contributed by atoms with Crippen molar-refractivity contribution < 1.29 is 73.9 Å². The smallest absolute Gasteiger partial charge is 0.748 e. The maximum atomic E-state index is 10.1. The molecule has 0 heterocycles. The molecule has 0 aliphatic rings. The molecule has 0 aromatic carbocycles. The quantitative estimate of drug-likeness (QED) is 0.212. The summed E-state index contributed by atoms with van der Waals surface area (Å²) in [4.78, 5) is 10.1. The Morgan fingerprint density at radius 2 is 2.00 bits per heavy atom. The standard InChI is InChI=1S/C5H10O5S.K/c1-5(6)10-3-2-4-11(7,8)9;/h2-4H2,1H3,(H,7,8,9);/q;+1/p-1. The topological polar surface area (TPSA) is 83.5 Å². The first-order chi connectivity index (χ1) is 4.92. The number of hydrogen-bond donors (Lipinski definition) is 0. The van der Waals surface area contributed by atoms with Crippen molar-refractivity contribution in [3.63, 3.8) is 0 Å². The van der Waals surface area contributed by atoms with E-state index in [1.165, 1.54) is 6.92 Å². The number of rotatable bonds is 4. The van der Waals surface area contributed by atoms with E-state index in [9.17, 15) is 17.8 Å². The van der Waals surface area contributed by atoms with Crippen LogP contribution in [0.3, 0.4) is 0 Å². The molecule has 0 aromatic rings. The third-order valence-corrected chi connectivity index (χ3v) is 1.63. The van der Waals surface area contributed by atoms with Gasteiger partial charge in [-0.2, -0.15) is 0 Å². The SMILES string of the molecule is CC(=O)OCCCS(=O)(=O)[O-].[K+]. The van der Waals surface area contributed by atoms with Crippen LogP contribution in [0.25, 0.3) is 0 Å². The summed E-state index contributed by atoms with van der Waals surface area (Å²) < 4.78 is 34.3. The van der Waals surface area contributed by atoms with Gasteiger partial charge in [0.2, 0.25) is 0 Å². The fraction of sp³-hybridized carbons (Fsp3) is 0.800. The van der Waals surface area contributed by atoms with Crippen LogP contribution in [-0.4, -0.2) is 31.3 Å². The number of ether oxygens (including phenoxy) is 1. The second-order valence-electron chi connectivity index (χ2n) is 1.96. The van der Waals surface area contributed by atoms with Crippen molar-refractivity contribution in [1.82, 2.24) is 0 Å². The molecule has 0 unspecified atom stereocenters. The van der Waals surface area contributed by atoms with E-state index in [0.717, 1.165) is 0 Å². The third kappa shape index (κ3) is 13.6. The normalized spacial score (nSPS) is 10.2. The molecular weight excluding hydrogens is 211 g/mol. The van der Waals surface area contributed by atoms with Gasteiger partial charge in [-0.25, -0.2) is 8.42 Å². The van der Waals surface area contributed by atoms with Gasteiger partial charge in [0, 0.05) is 12.7 Å². The minimum Gasteiger partial charge on any atom is -0.748 e. The molecule has 5 nitrogen and oxygen atoms in total. The molecule has 0 aliphatic heterocycles. The van der Waals surface area contributed by atoms with Gasteiger partial charge in [-0.3, -0.25) is 4.79 Å². The van der Waals surface area contributed by atoms with E-state index >= 15 is 0 Å². The summed E-state index contributed by atoms with van der Waals surface area (Å²) in [6, 6.07) is 0. The van der Waals surface area contributed by atoms with Crippen LogP contribution >= 0.6 is 0 Å². The Balaban J connectivity index is 0. The van der Waals surface area contributed by atoms with Crippen molar-refractivity contribution in [3.8, 4) is 0 Å². The Bertz CT molecular complexity index is 222.